The van der Waals surface area contributed by atoms with E-state index < -0.39 is 0 Å². The van der Waals surface area contributed by atoms with Crippen LogP contribution in [0.3, 0.4) is 0 Å². The van der Waals surface area contributed by atoms with Gasteiger partial charge >= 0.3 is 0 Å². The maximum absolute atomic E-state index is 11.7. The molecule has 168 valence electrons. The number of nitrogens with zero attached hydrogens (tertiary/aromatic N) is 3. The number of benzene rings is 2. The van der Waals surface area contributed by atoms with Crippen LogP contribution in [0.1, 0.15) is 18.9 Å². The summed E-state index contributed by atoms with van der Waals surface area (Å²) in [6, 6.07) is 18.2. The van der Waals surface area contributed by atoms with Crippen LogP contribution in [0, 0.1) is 0 Å². The molecule has 0 aliphatic carbocycles. The number of carbonyl (C=O) groups is 1. The van der Waals surface area contributed by atoms with Crippen LogP contribution in [0.15, 0.2) is 59.6 Å². The molecule has 0 heterocycles. The van der Waals surface area contributed by atoms with Crippen molar-refractivity contribution in [2.45, 2.75) is 19.9 Å². The number of guanidine groups is 1. The molecule has 0 radical (unpaired) electrons. The van der Waals surface area contributed by atoms with Gasteiger partial charge in [0.05, 0.1) is 0 Å². The van der Waals surface area contributed by atoms with Crippen molar-refractivity contribution in [3.05, 3.63) is 60.2 Å². The Balaban J connectivity index is 1.74. The zero-order chi connectivity index (χ0) is 22.5. The van der Waals surface area contributed by atoms with E-state index in [1.807, 2.05) is 30.3 Å². The molecule has 2 rings (SSSR count). The van der Waals surface area contributed by atoms with Crippen molar-refractivity contribution in [1.82, 2.24) is 15.5 Å². The highest BCUT2D eigenvalue weighted by Crippen LogP contribution is 2.14. The highest BCUT2D eigenvalue weighted by Gasteiger charge is 2.06. The molecule has 0 unspecified atom stereocenters. The second-order valence-corrected chi connectivity index (χ2v) is 7.35. The van der Waals surface area contributed by atoms with E-state index in [0.29, 0.717) is 12.3 Å². The van der Waals surface area contributed by atoms with Crippen molar-refractivity contribution < 1.29 is 9.53 Å². The van der Waals surface area contributed by atoms with E-state index in [1.54, 1.807) is 21.1 Å². The molecular weight excluding hydrogens is 390 g/mol. The van der Waals surface area contributed by atoms with E-state index in [-0.39, 0.29) is 12.5 Å². The van der Waals surface area contributed by atoms with Crippen molar-refractivity contribution in [3.63, 3.8) is 0 Å². The Hall–Kier alpha value is -3.22. The van der Waals surface area contributed by atoms with Crippen molar-refractivity contribution >= 4 is 17.6 Å². The Morgan fingerprint density at radius 3 is 2.52 bits per heavy atom. The first kappa shape index (κ1) is 24.1. The van der Waals surface area contributed by atoms with Gasteiger partial charge < -0.3 is 25.2 Å². The number of hydrogen-bond donors (Lipinski definition) is 2. The van der Waals surface area contributed by atoms with Gasteiger partial charge in [0.15, 0.2) is 12.6 Å². The molecule has 0 saturated heterocycles. The third kappa shape index (κ3) is 8.58. The van der Waals surface area contributed by atoms with Gasteiger partial charge in [-0.15, -0.1) is 0 Å². The number of para-hydroxylation sites is 1. The Morgan fingerprint density at radius 2 is 1.84 bits per heavy atom. The van der Waals surface area contributed by atoms with Gasteiger partial charge in [0.25, 0.3) is 5.91 Å². The van der Waals surface area contributed by atoms with Gasteiger partial charge in [0.2, 0.25) is 0 Å². The summed E-state index contributed by atoms with van der Waals surface area (Å²) >= 11 is 0. The number of carbonyl (C=O) groups excluding carboxylic acids is 1. The van der Waals surface area contributed by atoms with Gasteiger partial charge in [-0.25, -0.2) is 0 Å². The monoisotopic (exact) mass is 425 g/mol. The number of nitrogens with one attached hydrogen (secondary N) is 2. The number of ether oxygens (including phenoxy) is 1. The molecule has 2 N–H and O–H groups in total. The first-order chi connectivity index (χ1) is 15.0. The molecule has 0 fully saturated rings. The molecule has 0 atom stereocenters. The van der Waals surface area contributed by atoms with Gasteiger partial charge in [-0.05, 0) is 43.2 Å². The number of anilines is 1. The van der Waals surface area contributed by atoms with Gasteiger partial charge in [0.1, 0.15) is 5.75 Å². The van der Waals surface area contributed by atoms with Gasteiger partial charge in [-0.1, -0.05) is 30.3 Å². The highest BCUT2D eigenvalue weighted by molar-refractivity contribution is 5.79. The molecule has 0 aliphatic heterocycles. The molecule has 7 nitrogen and oxygen atoms in total. The van der Waals surface area contributed by atoms with Crippen LogP contribution in [0.5, 0.6) is 5.75 Å². The summed E-state index contributed by atoms with van der Waals surface area (Å²) in [7, 11) is 5.20. The minimum Gasteiger partial charge on any atom is -0.484 e. The Morgan fingerprint density at radius 1 is 1.06 bits per heavy atom. The lowest BCUT2D eigenvalue weighted by molar-refractivity contribution is -0.130. The Kier molecular flexibility index (Phi) is 10.2. The average Bonchev–Trinajstić information content (AvgIpc) is 2.80. The molecular formula is C24H35N5O2. The summed E-state index contributed by atoms with van der Waals surface area (Å²) in [5.74, 6) is 1.37. The fourth-order valence-electron chi connectivity index (χ4n) is 3.01. The minimum absolute atomic E-state index is 0.0326. The molecule has 2 aromatic rings. The van der Waals surface area contributed by atoms with E-state index in [0.717, 1.165) is 37.6 Å². The van der Waals surface area contributed by atoms with Crippen LogP contribution in [0.25, 0.3) is 0 Å². The predicted octanol–water partition coefficient (Wildman–Crippen LogP) is 2.74. The van der Waals surface area contributed by atoms with E-state index in [4.69, 9.17) is 4.74 Å². The lowest BCUT2D eigenvalue weighted by Crippen LogP contribution is -2.38. The summed E-state index contributed by atoms with van der Waals surface area (Å²) in [6.45, 7) is 5.62. The van der Waals surface area contributed by atoms with Crippen LogP contribution < -0.4 is 20.3 Å². The minimum atomic E-state index is -0.0676. The van der Waals surface area contributed by atoms with Crippen molar-refractivity contribution in [1.29, 1.82) is 0 Å². The van der Waals surface area contributed by atoms with Crippen LogP contribution in [0.2, 0.25) is 0 Å². The van der Waals surface area contributed by atoms with E-state index in [9.17, 15) is 4.79 Å². The molecule has 0 spiro atoms. The molecule has 2 aromatic carbocycles. The molecule has 7 heteroatoms. The fourth-order valence-corrected chi connectivity index (χ4v) is 3.01. The molecule has 0 aliphatic rings. The second-order valence-electron chi connectivity index (χ2n) is 7.35. The van der Waals surface area contributed by atoms with Gasteiger partial charge in [-0.3, -0.25) is 9.79 Å². The molecule has 1 amide bonds. The number of likely N-dealkylation sites (N-methyl/N-ethyl adjacent to an activating group) is 1. The lowest BCUT2D eigenvalue weighted by Gasteiger charge is -2.23. The zero-order valence-electron chi connectivity index (χ0n) is 19.1. The summed E-state index contributed by atoms with van der Waals surface area (Å²) < 4.78 is 5.58. The fraction of sp³-hybridized carbons (Fsp3) is 0.417. The van der Waals surface area contributed by atoms with Gasteiger partial charge in [-0.2, -0.15) is 0 Å². The standard InChI is InChI=1S/C24H35N5O2/c1-5-29(21-12-7-6-8-13-21)16-10-15-26-24(25-2)27-18-20-11-9-14-22(17-20)31-19-23(30)28(3)4/h6-9,11-14,17H,5,10,15-16,18-19H2,1-4H3,(H2,25,26,27). The lowest BCUT2D eigenvalue weighted by atomic mass is 10.2. The van der Waals surface area contributed by atoms with E-state index >= 15 is 0 Å². The summed E-state index contributed by atoms with van der Waals surface area (Å²) in [5, 5.41) is 6.69. The number of hydrogen-bond acceptors (Lipinski definition) is 4. The van der Waals surface area contributed by atoms with Crippen molar-refractivity contribution in [2.24, 2.45) is 4.99 Å². The van der Waals surface area contributed by atoms with Gasteiger partial charge in [0, 0.05) is 53.0 Å². The van der Waals surface area contributed by atoms with Crippen LogP contribution in [0.4, 0.5) is 5.69 Å². The average molecular weight is 426 g/mol. The Labute approximate surface area is 186 Å². The summed E-state index contributed by atoms with van der Waals surface area (Å²) in [4.78, 5) is 19.9. The third-order valence-corrected chi connectivity index (χ3v) is 4.84. The van der Waals surface area contributed by atoms with E-state index in [2.05, 4.69) is 51.7 Å². The largest absolute Gasteiger partial charge is 0.484 e. The Bertz CT molecular complexity index is 824. The highest BCUT2D eigenvalue weighted by atomic mass is 16.5. The van der Waals surface area contributed by atoms with Crippen LogP contribution in [-0.2, 0) is 11.3 Å². The molecule has 0 aromatic heterocycles. The smallest absolute Gasteiger partial charge is 0.259 e. The SMILES string of the molecule is CCN(CCCNC(=NC)NCc1cccc(OCC(=O)N(C)C)c1)c1ccccc1. The maximum Gasteiger partial charge on any atom is 0.259 e. The van der Waals surface area contributed by atoms with Crippen LogP contribution in [-0.4, -0.2) is 64.2 Å². The molecule has 0 saturated carbocycles. The van der Waals surface area contributed by atoms with E-state index in [1.165, 1.54) is 10.6 Å². The topological polar surface area (TPSA) is 69.2 Å². The van der Waals surface area contributed by atoms with Crippen molar-refractivity contribution in [3.8, 4) is 5.75 Å². The quantitative estimate of drug-likeness (QED) is 0.329. The van der Waals surface area contributed by atoms with Crippen LogP contribution >= 0.6 is 0 Å². The molecule has 0 bridgehead atoms. The number of amides is 1. The molecule has 31 heavy (non-hydrogen) atoms. The maximum atomic E-state index is 11.7. The zero-order valence-corrected chi connectivity index (χ0v) is 19.1. The second kappa shape index (κ2) is 13.2. The third-order valence-electron chi connectivity index (χ3n) is 4.84. The normalized spacial score (nSPS) is 11.0. The summed E-state index contributed by atoms with van der Waals surface area (Å²) in [6.07, 6.45) is 1.01. The predicted molar refractivity (Wildman–Crippen MR) is 128 cm³/mol. The van der Waals surface area contributed by atoms with Crippen molar-refractivity contribution in [2.75, 3.05) is 52.3 Å². The summed E-state index contributed by atoms with van der Waals surface area (Å²) in [5.41, 5.74) is 2.31. The number of rotatable bonds is 11. The first-order valence-corrected chi connectivity index (χ1v) is 10.7. The first-order valence-electron chi connectivity index (χ1n) is 10.7. The number of aliphatic imine (C=N–C) groups is 1.